The van der Waals surface area contributed by atoms with Crippen molar-refractivity contribution in [3.8, 4) is 0 Å². The van der Waals surface area contributed by atoms with Crippen molar-refractivity contribution in [3.05, 3.63) is 58.8 Å². The first-order chi connectivity index (χ1) is 15.6. The average molecular weight is 431 g/mol. The highest BCUT2D eigenvalue weighted by Gasteiger charge is 2.26. The number of aryl methyl sites for hydroxylation is 1. The number of carbonyl (C=O) groups is 1. The molecule has 1 aliphatic heterocycles. The van der Waals surface area contributed by atoms with Crippen molar-refractivity contribution in [2.75, 3.05) is 10.6 Å². The summed E-state index contributed by atoms with van der Waals surface area (Å²) in [5, 5.41) is 24.0. The van der Waals surface area contributed by atoms with Gasteiger partial charge in [-0.2, -0.15) is 9.61 Å². The van der Waals surface area contributed by atoms with Crippen LogP contribution in [0, 0.1) is 0 Å². The van der Waals surface area contributed by atoms with Gasteiger partial charge in [0.2, 0.25) is 5.91 Å². The van der Waals surface area contributed by atoms with Crippen LogP contribution in [0.3, 0.4) is 0 Å². The van der Waals surface area contributed by atoms with Crippen LogP contribution in [0.1, 0.15) is 54.8 Å². The molecule has 1 amide bonds. The van der Waals surface area contributed by atoms with Crippen LogP contribution in [-0.2, 0) is 11.2 Å². The smallest absolute Gasteiger partial charge is 0.249 e. The van der Waals surface area contributed by atoms with E-state index in [1.807, 2.05) is 6.07 Å². The van der Waals surface area contributed by atoms with E-state index in [2.05, 4.69) is 45.3 Å². The summed E-state index contributed by atoms with van der Waals surface area (Å²) in [5.74, 6) is 1.43. The number of anilines is 2. The van der Waals surface area contributed by atoms with Crippen molar-refractivity contribution in [2.24, 2.45) is 0 Å². The van der Waals surface area contributed by atoms with Crippen molar-refractivity contribution in [1.82, 2.24) is 19.9 Å². The Morgan fingerprint density at radius 2 is 2.06 bits per heavy atom. The molecule has 3 aliphatic rings. The molecule has 3 heterocycles. The van der Waals surface area contributed by atoms with Crippen molar-refractivity contribution >= 4 is 29.3 Å². The fraction of sp³-hybridized carbons (Fsp3) is 0.375. The van der Waals surface area contributed by atoms with Gasteiger partial charge < -0.3 is 21.1 Å². The molecule has 2 unspecified atom stereocenters. The second-order valence-electron chi connectivity index (χ2n) is 8.93. The maximum Gasteiger partial charge on any atom is 0.249 e. The van der Waals surface area contributed by atoms with Gasteiger partial charge in [0, 0.05) is 29.7 Å². The number of aromatic nitrogens is 3. The summed E-state index contributed by atoms with van der Waals surface area (Å²) in [6, 6.07) is 11.3. The van der Waals surface area contributed by atoms with Gasteiger partial charge in [-0.25, -0.2) is 4.98 Å². The molecule has 0 bridgehead atoms. The molecule has 2 atom stereocenters. The minimum absolute atomic E-state index is 0.212. The molecule has 32 heavy (non-hydrogen) atoms. The van der Waals surface area contributed by atoms with Gasteiger partial charge >= 0.3 is 0 Å². The summed E-state index contributed by atoms with van der Waals surface area (Å²) in [5.41, 5.74) is 4.71. The number of carbonyl (C=O) groups excluding carboxylic acids is 1. The molecule has 0 spiro atoms. The number of hydrogen-bond donors (Lipinski definition) is 4. The van der Waals surface area contributed by atoms with E-state index in [9.17, 15) is 9.90 Å². The van der Waals surface area contributed by atoms with E-state index in [0.717, 1.165) is 49.3 Å². The second kappa shape index (κ2) is 7.63. The Kier molecular flexibility index (Phi) is 4.61. The van der Waals surface area contributed by atoms with Gasteiger partial charge in [0.05, 0.1) is 12.2 Å². The van der Waals surface area contributed by atoms with Gasteiger partial charge in [0.15, 0.2) is 5.65 Å². The van der Waals surface area contributed by atoms with Crippen LogP contribution in [0.2, 0.25) is 0 Å². The predicted octanol–water partition coefficient (Wildman–Crippen LogP) is 3.01. The molecule has 164 valence electrons. The van der Waals surface area contributed by atoms with Gasteiger partial charge in [-0.3, -0.25) is 4.79 Å². The maximum atomic E-state index is 12.1. The first-order valence-corrected chi connectivity index (χ1v) is 11.3. The van der Waals surface area contributed by atoms with E-state index in [1.165, 1.54) is 11.1 Å². The van der Waals surface area contributed by atoms with E-state index in [-0.39, 0.29) is 18.4 Å². The number of nitrogens with one attached hydrogen (secondary N) is 3. The zero-order chi connectivity index (χ0) is 21.7. The Balaban J connectivity index is 1.39. The zero-order valence-corrected chi connectivity index (χ0v) is 17.7. The van der Waals surface area contributed by atoms with Gasteiger partial charge in [-0.15, -0.1) is 0 Å². The van der Waals surface area contributed by atoms with Crippen molar-refractivity contribution in [1.29, 1.82) is 0 Å². The Bertz CT molecular complexity index is 1230. The van der Waals surface area contributed by atoms with Crippen molar-refractivity contribution < 1.29 is 9.90 Å². The third-order valence-electron chi connectivity index (χ3n) is 6.45. The molecule has 8 nitrogen and oxygen atoms in total. The third-order valence-corrected chi connectivity index (χ3v) is 6.45. The van der Waals surface area contributed by atoms with Crippen molar-refractivity contribution in [3.63, 3.8) is 0 Å². The SMILES string of the molecule is O=C1NC(O)C/C1=C\c1cnn2c(NC3CC3)cc(NC3CCCc4ccccc43)nc12. The molecule has 0 radical (unpaired) electrons. The predicted molar refractivity (Wildman–Crippen MR) is 122 cm³/mol. The molecule has 1 saturated heterocycles. The molecule has 6 rings (SSSR count). The molecular formula is C24H26N6O2. The van der Waals surface area contributed by atoms with Crippen LogP contribution < -0.4 is 16.0 Å². The molecule has 2 aromatic heterocycles. The number of hydrogen-bond acceptors (Lipinski definition) is 6. The number of nitrogens with zero attached hydrogens (tertiary/aromatic N) is 3. The molecule has 3 aromatic rings. The Morgan fingerprint density at radius 1 is 1.19 bits per heavy atom. The van der Waals surface area contributed by atoms with E-state index < -0.39 is 6.23 Å². The standard InChI is InChI=1S/C24H26N6O2/c31-22-11-15(24(32)29-22)10-16-13-25-30-21(26-17-8-9-17)12-20(28-23(16)30)27-19-7-3-5-14-4-1-2-6-18(14)19/h1-2,4,6,10,12-13,17,19,22,26,31H,3,5,7-9,11H2,(H,27,28)(H,29,32)/b15-10+. The highest BCUT2D eigenvalue weighted by Crippen LogP contribution is 2.34. The lowest BCUT2D eigenvalue weighted by molar-refractivity contribution is -0.117. The highest BCUT2D eigenvalue weighted by atomic mass is 16.3. The van der Waals surface area contributed by atoms with E-state index >= 15 is 0 Å². The van der Waals surface area contributed by atoms with Crippen LogP contribution >= 0.6 is 0 Å². The fourth-order valence-corrected chi connectivity index (χ4v) is 4.69. The minimum atomic E-state index is -0.834. The molecule has 4 N–H and O–H groups in total. The Hall–Kier alpha value is -3.39. The highest BCUT2D eigenvalue weighted by molar-refractivity contribution is 6.00. The van der Waals surface area contributed by atoms with E-state index in [4.69, 9.17) is 4.98 Å². The summed E-state index contributed by atoms with van der Waals surface area (Å²) in [6.07, 6.45) is 8.57. The van der Waals surface area contributed by atoms with Gasteiger partial charge in [-0.05, 0) is 49.3 Å². The quantitative estimate of drug-likeness (QED) is 0.464. The number of amides is 1. The third kappa shape index (κ3) is 3.60. The number of aliphatic hydroxyl groups excluding tert-OH is 1. The monoisotopic (exact) mass is 430 g/mol. The van der Waals surface area contributed by atoms with Crippen LogP contribution in [-0.4, -0.2) is 37.9 Å². The van der Waals surface area contributed by atoms with E-state index in [0.29, 0.717) is 17.3 Å². The summed E-state index contributed by atoms with van der Waals surface area (Å²) in [4.78, 5) is 17.0. The number of rotatable bonds is 5. The normalized spacial score (nSPS) is 23.9. The van der Waals surface area contributed by atoms with E-state index in [1.54, 1.807) is 16.8 Å². The van der Waals surface area contributed by atoms with Gasteiger partial charge in [-0.1, -0.05) is 24.3 Å². The number of fused-ring (bicyclic) bond motifs is 2. The molecule has 2 fully saturated rings. The van der Waals surface area contributed by atoms with Crippen LogP contribution in [0.5, 0.6) is 0 Å². The molecule has 1 aromatic carbocycles. The van der Waals surface area contributed by atoms with Crippen molar-refractivity contribution in [2.45, 2.75) is 56.8 Å². The lowest BCUT2D eigenvalue weighted by atomic mass is 9.88. The van der Waals surface area contributed by atoms with Gasteiger partial charge in [0.1, 0.15) is 17.9 Å². The average Bonchev–Trinajstić information content (AvgIpc) is 3.42. The summed E-state index contributed by atoms with van der Waals surface area (Å²) < 4.78 is 1.80. The lowest BCUT2D eigenvalue weighted by Gasteiger charge is -2.27. The van der Waals surface area contributed by atoms with Crippen LogP contribution in [0.4, 0.5) is 11.6 Å². The summed E-state index contributed by atoms with van der Waals surface area (Å²) >= 11 is 0. The molecule has 2 aliphatic carbocycles. The van der Waals surface area contributed by atoms with Gasteiger partial charge in [0.25, 0.3) is 0 Å². The summed E-state index contributed by atoms with van der Waals surface area (Å²) in [6.45, 7) is 0. The summed E-state index contributed by atoms with van der Waals surface area (Å²) in [7, 11) is 0. The van der Waals surface area contributed by atoms with Crippen LogP contribution in [0.15, 0.2) is 42.1 Å². The number of benzene rings is 1. The molecule has 1 saturated carbocycles. The fourth-order valence-electron chi connectivity index (χ4n) is 4.69. The van der Waals surface area contributed by atoms with Crippen LogP contribution in [0.25, 0.3) is 11.7 Å². The first kappa shape index (κ1) is 19.3. The second-order valence-corrected chi connectivity index (χ2v) is 8.93. The molecule has 8 heteroatoms. The zero-order valence-electron chi connectivity index (χ0n) is 17.7. The minimum Gasteiger partial charge on any atom is -0.373 e. The largest absolute Gasteiger partial charge is 0.373 e. The lowest BCUT2D eigenvalue weighted by Crippen LogP contribution is -2.24. The topological polar surface area (TPSA) is 104 Å². The molecular weight excluding hydrogens is 404 g/mol. The Morgan fingerprint density at radius 3 is 2.88 bits per heavy atom. The Labute approximate surface area is 185 Å². The first-order valence-electron chi connectivity index (χ1n) is 11.3. The number of aliphatic hydroxyl groups is 1. The maximum absolute atomic E-state index is 12.1.